The highest BCUT2D eigenvalue weighted by Crippen LogP contribution is 2.18. The molecule has 1 atom stereocenters. The number of nitrogens with two attached hydrogens (primary N) is 1. The first-order chi connectivity index (χ1) is 6.52. The third-order valence-corrected chi connectivity index (χ3v) is 2.20. The molecule has 2 nitrogen and oxygen atoms in total. The summed E-state index contributed by atoms with van der Waals surface area (Å²) >= 11 is 5.56. The number of Topliss-reactive ketones (excluding diaryl/α,β-unsaturated/α-hetero) is 1. The van der Waals surface area contributed by atoms with Crippen LogP contribution in [0.1, 0.15) is 12.5 Å². The zero-order valence-electron chi connectivity index (χ0n) is 7.76. The van der Waals surface area contributed by atoms with Crippen LogP contribution in [0.5, 0.6) is 0 Å². The molecule has 0 fully saturated rings. The first-order valence-electron chi connectivity index (χ1n) is 4.23. The van der Waals surface area contributed by atoms with E-state index < -0.39 is 11.9 Å². The molecular weight excluding hydrogens is 205 g/mol. The van der Waals surface area contributed by atoms with E-state index in [1.165, 1.54) is 12.1 Å². The fourth-order valence-electron chi connectivity index (χ4n) is 1.03. The number of hydrogen-bond donors (Lipinski definition) is 1. The molecule has 0 saturated carbocycles. The summed E-state index contributed by atoms with van der Waals surface area (Å²) in [6.45, 7) is 1.57. The topological polar surface area (TPSA) is 43.1 Å². The third-order valence-electron chi connectivity index (χ3n) is 1.90. The normalized spacial score (nSPS) is 12.6. The van der Waals surface area contributed by atoms with Gasteiger partial charge in [0.15, 0.2) is 5.78 Å². The van der Waals surface area contributed by atoms with Crippen molar-refractivity contribution in [2.24, 2.45) is 5.73 Å². The van der Waals surface area contributed by atoms with Gasteiger partial charge in [0.2, 0.25) is 0 Å². The Labute approximate surface area is 86.9 Å². The van der Waals surface area contributed by atoms with Gasteiger partial charge < -0.3 is 5.73 Å². The number of halogens is 2. The molecule has 1 aromatic carbocycles. The van der Waals surface area contributed by atoms with Crippen molar-refractivity contribution < 1.29 is 9.18 Å². The molecule has 0 spiro atoms. The Hall–Kier alpha value is -0.930. The van der Waals surface area contributed by atoms with Gasteiger partial charge in [-0.25, -0.2) is 4.39 Å². The van der Waals surface area contributed by atoms with Gasteiger partial charge in [-0.15, -0.1) is 0 Å². The van der Waals surface area contributed by atoms with Gasteiger partial charge in [0.1, 0.15) is 5.82 Å². The molecule has 0 aromatic heterocycles. The molecule has 0 aliphatic heterocycles. The average Bonchev–Trinajstić information content (AvgIpc) is 2.12. The number of rotatable bonds is 3. The summed E-state index contributed by atoms with van der Waals surface area (Å²) in [7, 11) is 0. The van der Waals surface area contributed by atoms with Crippen molar-refractivity contribution in [2.45, 2.75) is 19.4 Å². The van der Waals surface area contributed by atoms with Crippen molar-refractivity contribution in [3.05, 3.63) is 34.6 Å². The smallest absolute Gasteiger partial charge is 0.153 e. The SMILES string of the molecule is CC(N)C(=O)Cc1cccc(Cl)c1F. The fourth-order valence-corrected chi connectivity index (χ4v) is 1.23. The molecular formula is C10H11ClFNO. The van der Waals surface area contributed by atoms with Crippen LogP contribution in [0.4, 0.5) is 4.39 Å². The van der Waals surface area contributed by atoms with E-state index in [1.807, 2.05) is 0 Å². The summed E-state index contributed by atoms with van der Waals surface area (Å²) in [5.41, 5.74) is 5.66. The molecule has 1 unspecified atom stereocenters. The van der Waals surface area contributed by atoms with E-state index in [-0.39, 0.29) is 17.2 Å². The molecule has 0 radical (unpaired) electrons. The third kappa shape index (κ3) is 2.53. The number of ketones is 1. The summed E-state index contributed by atoms with van der Waals surface area (Å²) < 4.78 is 13.3. The van der Waals surface area contributed by atoms with Crippen molar-refractivity contribution in [1.29, 1.82) is 0 Å². The van der Waals surface area contributed by atoms with Gasteiger partial charge in [-0.05, 0) is 18.6 Å². The Morgan fingerprint density at radius 2 is 2.29 bits per heavy atom. The van der Waals surface area contributed by atoms with Gasteiger partial charge in [0, 0.05) is 6.42 Å². The highest BCUT2D eigenvalue weighted by Gasteiger charge is 2.13. The van der Waals surface area contributed by atoms with Crippen LogP contribution in [-0.2, 0) is 11.2 Å². The predicted molar refractivity (Wildman–Crippen MR) is 53.8 cm³/mol. The highest BCUT2D eigenvalue weighted by molar-refractivity contribution is 6.30. The van der Waals surface area contributed by atoms with Crippen LogP contribution in [0.3, 0.4) is 0 Å². The molecule has 14 heavy (non-hydrogen) atoms. The van der Waals surface area contributed by atoms with Gasteiger partial charge in [-0.3, -0.25) is 4.79 Å². The molecule has 0 heterocycles. The molecule has 0 aliphatic carbocycles. The van der Waals surface area contributed by atoms with Crippen LogP contribution < -0.4 is 5.73 Å². The molecule has 1 rings (SSSR count). The Bertz CT molecular complexity index is 352. The van der Waals surface area contributed by atoms with E-state index in [9.17, 15) is 9.18 Å². The van der Waals surface area contributed by atoms with Crippen LogP contribution in [0.15, 0.2) is 18.2 Å². The largest absolute Gasteiger partial charge is 0.322 e. The average molecular weight is 216 g/mol. The van der Waals surface area contributed by atoms with Crippen molar-refractivity contribution in [3.8, 4) is 0 Å². The van der Waals surface area contributed by atoms with E-state index in [0.717, 1.165) is 0 Å². The highest BCUT2D eigenvalue weighted by atomic mass is 35.5. The molecule has 0 saturated heterocycles. The Balaban J connectivity index is 2.87. The minimum absolute atomic E-state index is 0.00986. The lowest BCUT2D eigenvalue weighted by Gasteiger charge is -2.05. The Morgan fingerprint density at radius 1 is 1.64 bits per heavy atom. The van der Waals surface area contributed by atoms with E-state index >= 15 is 0 Å². The number of carbonyl (C=O) groups excluding carboxylic acids is 1. The number of carbonyl (C=O) groups is 1. The summed E-state index contributed by atoms with van der Waals surface area (Å²) in [6, 6.07) is 4.00. The van der Waals surface area contributed by atoms with E-state index in [1.54, 1.807) is 13.0 Å². The summed E-state index contributed by atoms with van der Waals surface area (Å²) in [4.78, 5) is 11.2. The first kappa shape index (κ1) is 11.1. The van der Waals surface area contributed by atoms with Gasteiger partial charge >= 0.3 is 0 Å². The second kappa shape index (κ2) is 4.53. The lowest BCUT2D eigenvalue weighted by molar-refractivity contribution is -0.119. The molecule has 0 bridgehead atoms. The number of hydrogen-bond acceptors (Lipinski definition) is 2. The van der Waals surface area contributed by atoms with E-state index in [0.29, 0.717) is 5.56 Å². The standard InChI is InChI=1S/C10H11ClFNO/c1-6(13)9(14)5-7-3-2-4-8(11)10(7)12/h2-4,6H,5,13H2,1H3. The van der Waals surface area contributed by atoms with Crippen LogP contribution in [0.25, 0.3) is 0 Å². The second-order valence-electron chi connectivity index (χ2n) is 3.14. The predicted octanol–water partition coefficient (Wildman–Crippen LogP) is 1.94. The zero-order chi connectivity index (χ0) is 10.7. The molecule has 1 aromatic rings. The van der Waals surface area contributed by atoms with Crippen LogP contribution >= 0.6 is 11.6 Å². The minimum atomic E-state index is -0.576. The second-order valence-corrected chi connectivity index (χ2v) is 3.55. The lowest BCUT2D eigenvalue weighted by Crippen LogP contribution is -2.28. The summed E-state index contributed by atoms with van der Waals surface area (Å²) in [5, 5.41) is 0.0278. The van der Waals surface area contributed by atoms with Crippen molar-refractivity contribution >= 4 is 17.4 Å². The Morgan fingerprint density at radius 3 is 2.86 bits per heavy atom. The zero-order valence-corrected chi connectivity index (χ0v) is 8.51. The quantitative estimate of drug-likeness (QED) is 0.838. The maximum atomic E-state index is 13.3. The molecule has 0 aliphatic rings. The summed E-state index contributed by atoms with van der Waals surface area (Å²) in [6.07, 6.45) is -0.00986. The molecule has 76 valence electrons. The van der Waals surface area contributed by atoms with Crippen LogP contribution in [0.2, 0.25) is 5.02 Å². The maximum absolute atomic E-state index is 13.3. The van der Waals surface area contributed by atoms with Crippen molar-refractivity contribution in [3.63, 3.8) is 0 Å². The van der Waals surface area contributed by atoms with Gasteiger partial charge in [0.25, 0.3) is 0 Å². The molecule has 2 N–H and O–H groups in total. The minimum Gasteiger partial charge on any atom is -0.322 e. The first-order valence-corrected chi connectivity index (χ1v) is 4.61. The van der Waals surface area contributed by atoms with E-state index in [2.05, 4.69) is 0 Å². The maximum Gasteiger partial charge on any atom is 0.153 e. The van der Waals surface area contributed by atoms with Crippen molar-refractivity contribution in [1.82, 2.24) is 0 Å². The lowest BCUT2D eigenvalue weighted by atomic mass is 10.0. The number of benzene rings is 1. The monoisotopic (exact) mass is 215 g/mol. The van der Waals surface area contributed by atoms with E-state index in [4.69, 9.17) is 17.3 Å². The fraction of sp³-hybridized carbons (Fsp3) is 0.300. The van der Waals surface area contributed by atoms with Gasteiger partial charge in [0.05, 0.1) is 11.1 Å². The Kier molecular flexibility index (Phi) is 3.61. The van der Waals surface area contributed by atoms with Gasteiger partial charge in [-0.2, -0.15) is 0 Å². The van der Waals surface area contributed by atoms with Gasteiger partial charge in [-0.1, -0.05) is 23.7 Å². The van der Waals surface area contributed by atoms with Crippen molar-refractivity contribution in [2.75, 3.05) is 0 Å². The summed E-state index contributed by atoms with van der Waals surface area (Å²) in [5.74, 6) is -0.741. The van der Waals surface area contributed by atoms with Crippen LogP contribution in [-0.4, -0.2) is 11.8 Å². The van der Waals surface area contributed by atoms with Crippen LogP contribution in [0, 0.1) is 5.82 Å². The molecule has 4 heteroatoms. The molecule has 0 amide bonds.